The van der Waals surface area contributed by atoms with Crippen LogP contribution >= 0.6 is 15.9 Å². The number of carbonyl (C=O) groups excluding carboxylic acids is 1. The van der Waals surface area contributed by atoms with E-state index in [9.17, 15) is 4.79 Å². The number of aryl methyl sites for hydroxylation is 2. The molecule has 2 aromatic heterocycles. The second kappa shape index (κ2) is 6.64. The van der Waals surface area contributed by atoms with E-state index in [1.54, 1.807) is 18.2 Å². The number of hydrogen-bond acceptors (Lipinski definition) is 5. The van der Waals surface area contributed by atoms with E-state index in [1.165, 1.54) is 0 Å². The number of amides is 1. The molecule has 0 atom stereocenters. The maximum Gasteiger partial charge on any atom is 0.257 e. The van der Waals surface area contributed by atoms with Crippen molar-refractivity contribution in [3.8, 4) is 0 Å². The highest BCUT2D eigenvalue weighted by molar-refractivity contribution is 9.10. The van der Waals surface area contributed by atoms with Crippen LogP contribution in [0.3, 0.4) is 0 Å². The van der Waals surface area contributed by atoms with Gasteiger partial charge in [0.05, 0.1) is 5.69 Å². The van der Waals surface area contributed by atoms with Crippen molar-refractivity contribution < 1.29 is 4.79 Å². The van der Waals surface area contributed by atoms with E-state index in [0.717, 1.165) is 15.9 Å². The zero-order chi connectivity index (χ0) is 15.4. The predicted octanol–water partition coefficient (Wildman–Crippen LogP) is 2.65. The van der Waals surface area contributed by atoms with Crippen molar-refractivity contribution in [1.29, 1.82) is 0 Å². The van der Waals surface area contributed by atoms with Gasteiger partial charge in [-0.15, -0.1) is 0 Å². The van der Waals surface area contributed by atoms with Crippen LogP contribution in [-0.2, 0) is 6.42 Å². The van der Waals surface area contributed by atoms with Gasteiger partial charge in [0.15, 0.2) is 0 Å². The third-order valence-electron chi connectivity index (χ3n) is 2.91. The van der Waals surface area contributed by atoms with Gasteiger partial charge in [-0.2, -0.15) is 0 Å². The highest BCUT2D eigenvalue weighted by Crippen LogP contribution is 2.17. The number of nitrogens with two attached hydrogens (primary N) is 1. The second-order valence-corrected chi connectivity index (χ2v) is 5.30. The van der Waals surface area contributed by atoms with Gasteiger partial charge >= 0.3 is 0 Å². The van der Waals surface area contributed by atoms with Crippen LogP contribution < -0.4 is 16.6 Å². The summed E-state index contributed by atoms with van der Waals surface area (Å²) < 4.78 is 0.896. The van der Waals surface area contributed by atoms with Crippen LogP contribution in [0, 0.1) is 6.92 Å². The molecule has 2 rings (SSSR count). The van der Waals surface area contributed by atoms with Gasteiger partial charge in [0.2, 0.25) is 0 Å². The van der Waals surface area contributed by atoms with E-state index in [1.807, 2.05) is 19.9 Å². The van der Waals surface area contributed by atoms with Gasteiger partial charge in [0, 0.05) is 15.7 Å². The number of hydrazine groups is 1. The summed E-state index contributed by atoms with van der Waals surface area (Å²) in [6, 6.07) is 6.91. The summed E-state index contributed by atoms with van der Waals surface area (Å²) in [5, 5.41) is 2.76. The van der Waals surface area contributed by atoms with Crippen molar-refractivity contribution in [3.05, 3.63) is 45.7 Å². The summed E-state index contributed by atoms with van der Waals surface area (Å²) >= 11 is 3.37. The number of aromatic nitrogens is 2. The van der Waals surface area contributed by atoms with Gasteiger partial charge < -0.3 is 10.7 Å². The Labute approximate surface area is 131 Å². The Morgan fingerprint density at radius 1 is 1.29 bits per heavy atom. The number of nitrogens with zero attached hydrogens (tertiary/aromatic N) is 2. The quantitative estimate of drug-likeness (QED) is 0.582. The zero-order valence-electron chi connectivity index (χ0n) is 11.8. The first-order valence-electron chi connectivity index (χ1n) is 6.45. The molecule has 2 aromatic rings. The average Bonchev–Trinajstić information content (AvgIpc) is 2.50. The third-order valence-corrected chi connectivity index (χ3v) is 3.75. The Kier molecular flexibility index (Phi) is 4.87. The van der Waals surface area contributed by atoms with E-state index < -0.39 is 0 Å². The minimum atomic E-state index is -0.252. The normalized spacial score (nSPS) is 10.3. The summed E-state index contributed by atoms with van der Waals surface area (Å²) in [5.41, 5.74) is 4.54. The molecule has 0 saturated heterocycles. The van der Waals surface area contributed by atoms with Crippen LogP contribution in [0.15, 0.2) is 28.7 Å². The highest BCUT2D eigenvalue weighted by atomic mass is 79.9. The predicted molar refractivity (Wildman–Crippen MR) is 86.1 cm³/mol. The molecule has 6 nitrogen and oxygen atoms in total. The largest absolute Gasteiger partial charge is 0.308 e. The van der Waals surface area contributed by atoms with Crippen LogP contribution in [-0.4, -0.2) is 15.9 Å². The van der Waals surface area contributed by atoms with Crippen LogP contribution in [0.2, 0.25) is 0 Å². The molecule has 1 amide bonds. The van der Waals surface area contributed by atoms with Crippen LogP contribution in [0.4, 0.5) is 11.6 Å². The number of nitrogens with one attached hydrogen (secondary N) is 2. The Bertz CT molecular complexity index is 652. The molecule has 0 aliphatic carbocycles. The number of rotatable bonds is 4. The molecular weight excluding hydrogens is 334 g/mol. The molecular formula is C14H16BrN5O. The Morgan fingerprint density at radius 3 is 2.67 bits per heavy atom. The lowest BCUT2D eigenvalue weighted by Crippen LogP contribution is -2.16. The molecule has 0 radical (unpaired) electrons. The molecule has 0 aliphatic rings. The Morgan fingerprint density at radius 2 is 2.05 bits per heavy atom. The topological polar surface area (TPSA) is 92.9 Å². The van der Waals surface area contributed by atoms with E-state index in [4.69, 9.17) is 5.84 Å². The summed E-state index contributed by atoms with van der Waals surface area (Å²) in [6.45, 7) is 3.82. The zero-order valence-corrected chi connectivity index (χ0v) is 13.4. The van der Waals surface area contributed by atoms with Gasteiger partial charge in [-0.3, -0.25) is 4.79 Å². The molecule has 0 saturated carbocycles. The number of anilines is 2. The molecule has 0 aliphatic heterocycles. The maximum atomic E-state index is 12.3. The van der Waals surface area contributed by atoms with Crippen molar-refractivity contribution in [3.63, 3.8) is 0 Å². The molecule has 0 bridgehead atoms. The Balaban J connectivity index is 2.25. The van der Waals surface area contributed by atoms with E-state index in [0.29, 0.717) is 23.6 Å². The number of carbonyl (C=O) groups is 1. The SMILES string of the molecule is CCc1cc(C(=O)Nc2ccc(Br)c(C)n2)cc(NN)n1. The average molecular weight is 350 g/mol. The molecule has 0 aromatic carbocycles. The first-order chi connectivity index (χ1) is 10.0. The van der Waals surface area contributed by atoms with Gasteiger partial charge in [0.1, 0.15) is 11.6 Å². The first kappa shape index (κ1) is 15.4. The molecule has 2 heterocycles. The standard InChI is InChI=1S/C14H16BrN5O/c1-3-10-6-9(7-13(18-10)20-16)14(21)19-12-5-4-11(15)8(2)17-12/h4-7H,3,16H2,1-2H3,(H,18,20)(H,17,19,21). The highest BCUT2D eigenvalue weighted by Gasteiger charge is 2.11. The molecule has 21 heavy (non-hydrogen) atoms. The lowest BCUT2D eigenvalue weighted by atomic mass is 10.2. The van der Waals surface area contributed by atoms with Gasteiger partial charge in [-0.25, -0.2) is 15.8 Å². The molecule has 0 spiro atoms. The molecule has 7 heteroatoms. The van der Waals surface area contributed by atoms with Gasteiger partial charge in [0.25, 0.3) is 5.91 Å². The molecule has 4 N–H and O–H groups in total. The smallest absolute Gasteiger partial charge is 0.257 e. The monoisotopic (exact) mass is 349 g/mol. The molecule has 110 valence electrons. The molecule has 0 unspecified atom stereocenters. The lowest BCUT2D eigenvalue weighted by Gasteiger charge is -2.09. The summed E-state index contributed by atoms with van der Waals surface area (Å²) in [5.74, 6) is 6.07. The van der Waals surface area contributed by atoms with Crippen LogP contribution in [0.1, 0.15) is 28.7 Å². The second-order valence-electron chi connectivity index (χ2n) is 4.45. The van der Waals surface area contributed by atoms with Gasteiger partial charge in [-0.05, 0) is 53.5 Å². The summed E-state index contributed by atoms with van der Waals surface area (Å²) in [6.07, 6.45) is 0.714. The first-order valence-corrected chi connectivity index (χ1v) is 7.25. The number of hydrogen-bond donors (Lipinski definition) is 3. The fourth-order valence-electron chi connectivity index (χ4n) is 1.78. The number of nitrogen functional groups attached to an aromatic ring is 1. The van der Waals surface area contributed by atoms with E-state index >= 15 is 0 Å². The number of pyridine rings is 2. The summed E-state index contributed by atoms with van der Waals surface area (Å²) in [4.78, 5) is 20.8. The van der Waals surface area contributed by atoms with Crippen molar-refractivity contribution in [1.82, 2.24) is 9.97 Å². The minimum absolute atomic E-state index is 0.252. The van der Waals surface area contributed by atoms with Crippen molar-refractivity contribution >= 4 is 33.5 Å². The van der Waals surface area contributed by atoms with Gasteiger partial charge in [-0.1, -0.05) is 6.92 Å². The van der Waals surface area contributed by atoms with Crippen LogP contribution in [0.25, 0.3) is 0 Å². The van der Waals surface area contributed by atoms with Crippen molar-refractivity contribution in [2.24, 2.45) is 5.84 Å². The number of halogens is 1. The van der Waals surface area contributed by atoms with Crippen molar-refractivity contribution in [2.75, 3.05) is 10.7 Å². The fourth-order valence-corrected chi connectivity index (χ4v) is 2.00. The fraction of sp³-hybridized carbons (Fsp3) is 0.214. The Hall–Kier alpha value is -1.99. The maximum absolute atomic E-state index is 12.3. The van der Waals surface area contributed by atoms with E-state index in [-0.39, 0.29) is 5.91 Å². The van der Waals surface area contributed by atoms with Crippen LogP contribution in [0.5, 0.6) is 0 Å². The lowest BCUT2D eigenvalue weighted by molar-refractivity contribution is 0.102. The van der Waals surface area contributed by atoms with E-state index in [2.05, 4.69) is 36.6 Å². The summed E-state index contributed by atoms with van der Waals surface area (Å²) in [7, 11) is 0. The van der Waals surface area contributed by atoms with Crippen molar-refractivity contribution in [2.45, 2.75) is 20.3 Å². The third kappa shape index (κ3) is 3.77. The molecule has 0 fully saturated rings. The minimum Gasteiger partial charge on any atom is -0.308 e.